The third-order valence-electron chi connectivity index (χ3n) is 2.75. The maximum Gasteiger partial charge on any atom is 0.170 e. The van der Waals surface area contributed by atoms with Crippen LogP contribution in [0.25, 0.3) is 0 Å². The standard InChI is InChI=1S/C16H18N2S3/c1-20-15-10-6-5-9-14(15)18-16(19)17-11-12-21-13-7-3-2-4-8-13/h2-10H,11-12H2,1H3,(H2,17,18,19). The molecule has 2 N–H and O–H groups in total. The van der Waals surface area contributed by atoms with Crippen molar-refractivity contribution in [2.75, 3.05) is 23.9 Å². The summed E-state index contributed by atoms with van der Waals surface area (Å²) < 4.78 is 0. The number of hydrogen-bond acceptors (Lipinski definition) is 3. The molecule has 2 nitrogen and oxygen atoms in total. The Kier molecular flexibility index (Phi) is 6.92. The molecule has 0 aliphatic heterocycles. The molecule has 110 valence electrons. The van der Waals surface area contributed by atoms with E-state index >= 15 is 0 Å². The predicted molar refractivity (Wildman–Crippen MR) is 99.6 cm³/mol. The van der Waals surface area contributed by atoms with Crippen LogP contribution >= 0.6 is 35.7 Å². The summed E-state index contributed by atoms with van der Waals surface area (Å²) in [6, 6.07) is 18.6. The van der Waals surface area contributed by atoms with Crippen molar-refractivity contribution in [2.45, 2.75) is 9.79 Å². The maximum absolute atomic E-state index is 5.33. The van der Waals surface area contributed by atoms with Gasteiger partial charge in [0.2, 0.25) is 0 Å². The van der Waals surface area contributed by atoms with E-state index in [1.165, 1.54) is 9.79 Å². The van der Waals surface area contributed by atoms with Gasteiger partial charge in [-0.15, -0.1) is 23.5 Å². The number of anilines is 1. The molecule has 0 spiro atoms. The molecule has 0 aromatic heterocycles. The fourth-order valence-electron chi connectivity index (χ4n) is 1.76. The molecule has 2 aromatic carbocycles. The Labute approximate surface area is 140 Å². The quantitative estimate of drug-likeness (QED) is 0.461. The van der Waals surface area contributed by atoms with Crippen molar-refractivity contribution >= 4 is 46.5 Å². The van der Waals surface area contributed by atoms with E-state index in [-0.39, 0.29) is 0 Å². The lowest BCUT2D eigenvalue weighted by Crippen LogP contribution is -2.30. The smallest absolute Gasteiger partial charge is 0.170 e. The van der Waals surface area contributed by atoms with Crippen molar-refractivity contribution in [3.8, 4) is 0 Å². The summed E-state index contributed by atoms with van der Waals surface area (Å²) in [6.45, 7) is 0.840. The molecule has 0 bridgehead atoms. The third-order valence-corrected chi connectivity index (χ3v) is 4.81. The van der Waals surface area contributed by atoms with Gasteiger partial charge >= 0.3 is 0 Å². The summed E-state index contributed by atoms with van der Waals surface area (Å²) >= 11 is 8.86. The van der Waals surface area contributed by atoms with Gasteiger partial charge < -0.3 is 10.6 Å². The first kappa shape index (κ1) is 16.2. The highest BCUT2D eigenvalue weighted by Crippen LogP contribution is 2.24. The first-order valence-corrected chi connectivity index (χ1v) is 9.27. The Morgan fingerprint density at radius 3 is 2.52 bits per heavy atom. The molecular formula is C16H18N2S3. The van der Waals surface area contributed by atoms with Crippen molar-refractivity contribution in [1.82, 2.24) is 5.32 Å². The van der Waals surface area contributed by atoms with Crippen LogP contribution in [0.3, 0.4) is 0 Å². The normalized spacial score (nSPS) is 10.1. The molecule has 0 aliphatic rings. The number of para-hydroxylation sites is 1. The second-order valence-corrected chi connectivity index (χ2v) is 6.67. The van der Waals surface area contributed by atoms with Crippen LogP contribution in [0.15, 0.2) is 64.4 Å². The van der Waals surface area contributed by atoms with Gasteiger partial charge in [-0.2, -0.15) is 0 Å². The summed E-state index contributed by atoms with van der Waals surface area (Å²) in [4.78, 5) is 2.48. The lowest BCUT2D eigenvalue weighted by atomic mass is 10.3. The summed E-state index contributed by atoms with van der Waals surface area (Å²) in [7, 11) is 0. The van der Waals surface area contributed by atoms with E-state index in [1.807, 2.05) is 36.0 Å². The highest BCUT2D eigenvalue weighted by molar-refractivity contribution is 7.99. The van der Waals surface area contributed by atoms with E-state index in [0.29, 0.717) is 5.11 Å². The fourth-order valence-corrected chi connectivity index (χ4v) is 3.32. The highest BCUT2D eigenvalue weighted by atomic mass is 32.2. The lowest BCUT2D eigenvalue weighted by molar-refractivity contribution is 0.989. The molecule has 0 saturated heterocycles. The zero-order valence-electron chi connectivity index (χ0n) is 11.8. The summed E-state index contributed by atoms with van der Waals surface area (Å²) in [5, 5.41) is 7.16. The van der Waals surface area contributed by atoms with Crippen LogP contribution in [-0.2, 0) is 0 Å². The number of rotatable bonds is 6. The first-order valence-electron chi connectivity index (χ1n) is 6.65. The Morgan fingerprint density at radius 1 is 1.05 bits per heavy atom. The average molecular weight is 335 g/mol. The minimum absolute atomic E-state index is 0.671. The molecule has 0 radical (unpaired) electrons. The molecule has 0 unspecified atom stereocenters. The molecular weight excluding hydrogens is 316 g/mol. The van der Waals surface area contributed by atoms with E-state index in [9.17, 15) is 0 Å². The van der Waals surface area contributed by atoms with Gasteiger partial charge in [0.05, 0.1) is 5.69 Å². The van der Waals surface area contributed by atoms with Gasteiger partial charge in [-0.25, -0.2) is 0 Å². The topological polar surface area (TPSA) is 24.1 Å². The van der Waals surface area contributed by atoms with Gasteiger partial charge in [-0.1, -0.05) is 30.3 Å². The van der Waals surface area contributed by atoms with Gasteiger partial charge in [-0.05, 0) is 42.7 Å². The Bertz CT molecular complexity index is 573. The van der Waals surface area contributed by atoms with E-state index in [2.05, 4.69) is 47.2 Å². The van der Waals surface area contributed by atoms with Gasteiger partial charge in [0.15, 0.2) is 5.11 Å². The van der Waals surface area contributed by atoms with E-state index in [4.69, 9.17) is 12.2 Å². The molecule has 0 heterocycles. The number of thioether (sulfide) groups is 2. The van der Waals surface area contributed by atoms with Crippen LogP contribution in [0.2, 0.25) is 0 Å². The summed E-state index contributed by atoms with van der Waals surface area (Å²) in [5.74, 6) is 0.982. The van der Waals surface area contributed by atoms with Crippen LogP contribution in [0.4, 0.5) is 5.69 Å². The zero-order chi connectivity index (χ0) is 14.9. The second-order valence-electron chi connectivity index (χ2n) is 4.24. The molecule has 0 aliphatic carbocycles. The molecule has 5 heteroatoms. The van der Waals surface area contributed by atoms with Crippen molar-refractivity contribution in [3.05, 3.63) is 54.6 Å². The average Bonchev–Trinajstić information content (AvgIpc) is 2.53. The van der Waals surface area contributed by atoms with Crippen LogP contribution < -0.4 is 10.6 Å². The number of hydrogen-bond donors (Lipinski definition) is 2. The van der Waals surface area contributed by atoms with Crippen LogP contribution in [0.5, 0.6) is 0 Å². The largest absolute Gasteiger partial charge is 0.362 e. The van der Waals surface area contributed by atoms with Gasteiger partial charge in [0.25, 0.3) is 0 Å². The van der Waals surface area contributed by atoms with E-state index in [1.54, 1.807) is 11.8 Å². The molecule has 2 rings (SSSR count). The maximum atomic E-state index is 5.33. The molecule has 0 atom stereocenters. The van der Waals surface area contributed by atoms with E-state index < -0.39 is 0 Å². The Balaban J connectivity index is 1.72. The summed E-state index contributed by atoms with van der Waals surface area (Å²) in [6.07, 6.45) is 2.06. The predicted octanol–water partition coefficient (Wildman–Crippen LogP) is 4.49. The highest BCUT2D eigenvalue weighted by Gasteiger charge is 2.02. The molecule has 21 heavy (non-hydrogen) atoms. The van der Waals surface area contributed by atoms with Crippen LogP contribution in [0.1, 0.15) is 0 Å². The van der Waals surface area contributed by atoms with Gasteiger partial charge in [0.1, 0.15) is 0 Å². The second kappa shape index (κ2) is 8.97. The van der Waals surface area contributed by atoms with Crippen molar-refractivity contribution < 1.29 is 0 Å². The number of benzene rings is 2. The monoisotopic (exact) mass is 334 g/mol. The minimum Gasteiger partial charge on any atom is -0.362 e. The Morgan fingerprint density at radius 2 is 1.76 bits per heavy atom. The zero-order valence-corrected chi connectivity index (χ0v) is 14.3. The van der Waals surface area contributed by atoms with E-state index in [0.717, 1.165) is 18.0 Å². The molecule has 2 aromatic rings. The number of thiocarbonyl (C=S) groups is 1. The molecule has 0 amide bonds. The fraction of sp³-hybridized carbons (Fsp3) is 0.188. The lowest BCUT2D eigenvalue weighted by Gasteiger charge is -2.12. The molecule has 0 saturated carbocycles. The molecule has 0 fully saturated rings. The van der Waals surface area contributed by atoms with Crippen molar-refractivity contribution in [3.63, 3.8) is 0 Å². The SMILES string of the molecule is CSc1ccccc1NC(=S)NCCSc1ccccc1. The summed E-state index contributed by atoms with van der Waals surface area (Å²) in [5.41, 5.74) is 1.05. The van der Waals surface area contributed by atoms with Crippen molar-refractivity contribution in [1.29, 1.82) is 0 Å². The van der Waals surface area contributed by atoms with Crippen LogP contribution in [0, 0.1) is 0 Å². The van der Waals surface area contributed by atoms with Gasteiger partial charge in [0, 0.05) is 22.1 Å². The third kappa shape index (κ3) is 5.61. The first-order chi connectivity index (χ1) is 10.3. The minimum atomic E-state index is 0.671. The Hall–Kier alpha value is -1.17. The van der Waals surface area contributed by atoms with Crippen molar-refractivity contribution in [2.24, 2.45) is 0 Å². The van der Waals surface area contributed by atoms with Gasteiger partial charge in [-0.3, -0.25) is 0 Å². The van der Waals surface area contributed by atoms with Crippen LogP contribution in [-0.4, -0.2) is 23.7 Å². The number of nitrogens with one attached hydrogen (secondary N) is 2.